The average Bonchev–Trinajstić information content (AvgIpc) is 1.54. The predicted molar refractivity (Wildman–Crippen MR) is 32.9 cm³/mol. The first kappa shape index (κ1) is 7.52. The van der Waals surface area contributed by atoms with E-state index >= 15 is 0 Å². The largest absolute Gasteiger partial charge is 0.384 e. The second kappa shape index (κ2) is 2.22. The Morgan fingerprint density at radius 3 is 2.80 bits per heavy atom. The van der Waals surface area contributed by atoms with Crippen molar-refractivity contribution in [2.24, 2.45) is 0 Å². The number of hydrogen-bond acceptors (Lipinski definition) is 4. The van der Waals surface area contributed by atoms with E-state index in [4.69, 9.17) is 5.11 Å². The zero-order valence-electron chi connectivity index (χ0n) is 5.23. The summed E-state index contributed by atoms with van der Waals surface area (Å²) in [6.45, 7) is 1.45. The predicted octanol–water partition coefficient (Wildman–Crippen LogP) is -0.927. The molecule has 5 nitrogen and oxygen atoms in total. The van der Waals surface area contributed by atoms with Gasteiger partial charge in [0.1, 0.15) is 12.0 Å². The van der Waals surface area contributed by atoms with Gasteiger partial charge in [0.05, 0.1) is 0 Å². The Kier molecular flexibility index (Phi) is 1.67. The van der Waals surface area contributed by atoms with Crippen LogP contribution in [-0.2, 0) is 14.5 Å². The van der Waals surface area contributed by atoms with E-state index in [0.29, 0.717) is 0 Å². The molecule has 1 aliphatic heterocycles. The second-order valence-corrected chi connectivity index (χ2v) is 3.19. The molecule has 0 bridgehead atoms. The Morgan fingerprint density at radius 1 is 1.80 bits per heavy atom. The molecule has 1 rings (SSSR count). The molecule has 0 amide bonds. The van der Waals surface area contributed by atoms with E-state index in [9.17, 15) is 8.42 Å². The van der Waals surface area contributed by atoms with Crippen molar-refractivity contribution in [2.45, 2.75) is 13.2 Å². The molecule has 1 aliphatic rings. The molecule has 0 fully saturated rings. The highest BCUT2D eigenvalue weighted by atomic mass is 32.2. The Balaban J connectivity index is 2.91. The first-order valence-electron chi connectivity index (χ1n) is 2.58. The Bertz CT molecular complexity index is 254. The number of aliphatic hydroxyl groups is 1. The summed E-state index contributed by atoms with van der Waals surface area (Å²) in [6, 6.07) is 0. The molecule has 0 saturated heterocycles. The van der Waals surface area contributed by atoms with Gasteiger partial charge in [0.25, 0.3) is 0 Å². The van der Waals surface area contributed by atoms with Crippen LogP contribution < -0.4 is 4.72 Å². The number of hydrogen-bond donors (Lipinski definition) is 2. The smallest absolute Gasteiger partial charge is 0.376 e. The summed E-state index contributed by atoms with van der Waals surface area (Å²) in [4.78, 5) is 0. The van der Waals surface area contributed by atoms with Crippen LogP contribution in [0.2, 0.25) is 0 Å². The molecule has 6 heteroatoms. The fraction of sp³-hybridized carbons (Fsp3) is 0.500. The fourth-order valence-corrected chi connectivity index (χ4v) is 1.44. The molecule has 0 aromatic carbocycles. The van der Waals surface area contributed by atoms with Crippen molar-refractivity contribution >= 4 is 10.3 Å². The first-order chi connectivity index (χ1) is 4.49. The maximum atomic E-state index is 10.5. The topological polar surface area (TPSA) is 75.6 Å². The zero-order valence-corrected chi connectivity index (χ0v) is 6.05. The number of rotatable bonds is 0. The molecule has 0 aliphatic carbocycles. The summed E-state index contributed by atoms with van der Waals surface area (Å²) < 4.78 is 27.2. The van der Waals surface area contributed by atoms with Crippen LogP contribution in [0.1, 0.15) is 6.92 Å². The summed E-state index contributed by atoms with van der Waals surface area (Å²) >= 11 is 0. The minimum absolute atomic E-state index is 0.172. The van der Waals surface area contributed by atoms with Crippen LogP contribution in [0.3, 0.4) is 0 Å². The summed E-state index contributed by atoms with van der Waals surface area (Å²) in [5.74, 6) is 0.172. The van der Waals surface area contributed by atoms with Crippen LogP contribution in [0.15, 0.2) is 11.8 Å². The Labute approximate surface area is 58.6 Å². The lowest BCUT2D eigenvalue weighted by molar-refractivity contribution is 0.190. The van der Waals surface area contributed by atoms with Gasteiger partial charge in [0, 0.05) is 0 Å². The molecule has 1 heterocycles. The van der Waals surface area contributed by atoms with Crippen molar-refractivity contribution in [3.63, 3.8) is 0 Å². The van der Waals surface area contributed by atoms with E-state index < -0.39 is 16.5 Å². The van der Waals surface area contributed by atoms with Crippen molar-refractivity contribution in [2.75, 3.05) is 0 Å². The van der Waals surface area contributed by atoms with Crippen molar-refractivity contribution in [3.05, 3.63) is 11.8 Å². The van der Waals surface area contributed by atoms with E-state index in [1.54, 1.807) is 0 Å². The third-order valence-corrected chi connectivity index (χ3v) is 1.91. The molecule has 2 N–H and O–H groups in total. The Hall–Kier alpha value is -0.590. The number of allylic oxidation sites excluding steroid dienone is 1. The molecular weight excluding hydrogens is 158 g/mol. The lowest BCUT2D eigenvalue weighted by Crippen LogP contribution is -2.37. The van der Waals surface area contributed by atoms with Gasteiger partial charge in [-0.2, -0.15) is 13.1 Å². The zero-order chi connectivity index (χ0) is 7.78. The van der Waals surface area contributed by atoms with Gasteiger partial charge in [0.15, 0.2) is 0 Å². The van der Waals surface area contributed by atoms with Gasteiger partial charge in [-0.3, -0.25) is 0 Å². The van der Waals surface area contributed by atoms with Gasteiger partial charge >= 0.3 is 10.3 Å². The molecule has 0 radical (unpaired) electrons. The maximum absolute atomic E-state index is 10.5. The van der Waals surface area contributed by atoms with E-state index in [1.807, 2.05) is 4.72 Å². The third-order valence-electron chi connectivity index (χ3n) is 0.899. The van der Waals surface area contributed by atoms with Crippen LogP contribution in [-0.4, -0.2) is 19.8 Å². The molecule has 0 aromatic heterocycles. The third kappa shape index (κ3) is 1.69. The normalized spacial score (nSPS) is 30.6. The van der Waals surface area contributed by atoms with Crippen molar-refractivity contribution < 1.29 is 17.7 Å². The fourth-order valence-electron chi connectivity index (χ4n) is 0.629. The summed E-state index contributed by atoms with van der Waals surface area (Å²) in [5, 5.41) is 8.77. The van der Waals surface area contributed by atoms with Crippen LogP contribution in [0.5, 0.6) is 0 Å². The number of aliphatic hydroxyl groups excluding tert-OH is 1. The molecular formula is C4H7NO4S. The first-order valence-corrected chi connectivity index (χ1v) is 3.99. The van der Waals surface area contributed by atoms with Gasteiger partial charge in [-0.1, -0.05) is 0 Å². The SMILES string of the molecule is CC1=CC(O)NS(=O)(=O)O1. The van der Waals surface area contributed by atoms with Crippen LogP contribution in [0, 0.1) is 0 Å². The Morgan fingerprint density at radius 2 is 2.40 bits per heavy atom. The maximum Gasteiger partial charge on any atom is 0.384 e. The van der Waals surface area contributed by atoms with Gasteiger partial charge in [-0.15, -0.1) is 0 Å². The summed E-state index contributed by atoms with van der Waals surface area (Å²) in [6.07, 6.45) is 0.0832. The molecule has 10 heavy (non-hydrogen) atoms. The van der Waals surface area contributed by atoms with E-state index in [1.165, 1.54) is 13.0 Å². The second-order valence-electron chi connectivity index (χ2n) is 1.88. The van der Waals surface area contributed by atoms with Gasteiger partial charge < -0.3 is 9.29 Å². The van der Waals surface area contributed by atoms with Crippen LogP contribution >= 0.6 is 0 Å². The minimum Gasteiger partial charge on any atom is -0.376 e. The molecule has 0 spiro atoms. The highest BCUT2D eigenvalue weighted by Crippen LogP contribution is 2.08. The molecule has 1 atom stereocenters. The summed E-state index contributed by atoms with van der Waals surface area (Å²) in [5.41, 5.74) is 0. The van der Waals surface area contributed by atoms with Gasteiger partial charge in [0.2, 0.25) is 0 Å². The lowest BCUT2D eigenvalue weighted by atomic mass is 10.4. The van der Waals surface area contributed by atoms with E-state index in [2.05, 4.69) is 4.18 Å². The van der Waals surface area contributed by atoms with Crippen molar-refractivity contribution in [1.82, 2.24) is 4.72 Å². The van der Waals surface area contributed by atoms with Gasteiger partial charge in [-0.25, -0.2) is 0 Å². The van der Waals surface area contributed by atoms with Crippen LogP contribution in [0.25, 0.3) is 0 Å². The van der Waals surface area contributed by atoms with E-state index in [-0.39, 0.29) is 5.76 Å². The van der Waals surface area contributed by atoms with Crippen LogP contribution in [0.4, 0.5) is 0 Å². The van der Waals surface area contributed by atoms with Gasteiger partial charge in [-0.05, 0) is 13.0 Å². The molecule has 1 unspecified atom stereocenters. The standard InChI is InChI=1S/C4H7NO4S/c1-3-2-4(6)5-10(7,8)9-3/h2,4-6H,1H3. The minimum atomic E-state index is -3.75. The number of nitrogens with one attached hydrogen (secondary N) is 1. The van der Waals surface area contributed by atoms with E-state index in [0.717, 1.165) is 0 Å². The highest BCUT2D eigenvalue weighted by molar-refractivity contribution is 7.84. The summed E-state index contributed by atoms with van der Waals surface area (Å²) in [7, 11) is -3.75. The van der Waals surface area contributed by atoms with Crippen molar-refractivity contribution in [3.8, 4) is 0 Å². The lowest BCUT2D eigenvalue weighted by Gasteiger charge is -2.16. The monoisotopic (exact) mass is 165 g/mol. The highest BCUT2D eigenvalue weighted by Gasteiger charge is 2.21. The van der Waals surface area contributed by atoms with Crippen molar-refractivity contribution in [1.29, 1.82) is 0 Å². The average molecular weight is 165 g/mol. The molecule has 0 aromatic rings. The quantitative estimate of drug-likeness (QED) is 0.486. The molecule has 0 saturated carbocycles. The molecule has 58 valence electrons.